The minimum atomic E-state index is -4.50. The molecule has 0 bridgehead atoms. The fraction of sp³-hybridized carbons (Fsp3) is 0.500. The number of anilines is 1. The van der Waals surface area contributed by atoms with E-state index in [9.17, 15) is 18.0 Å². The highest BCUT2D eigenvalue weighted by Crippen LogP contribution is 2.28. The van der Waals surface area contributed by atoms with E-state index < -0.39 is 17.3 Å². The van der Waals surface area contributed by atoms with Crippen molar-refractivity contribution >= 4 is 17.3 Å². The van der Waals surface area contributed by atoms with Crippen molar-refractivity contribution < 1.29 is 13.2 Å². The summed E-state index contributed by atoms with van der Waals surface area (Å²) in [5.74, 6) is -0.0396. The summed E-state index contributed by atoms with van der Waals surface area (Å²) in [7, 11) is 2.09. The molecule has 2 aromatic heterocycles. The molecule has 1 N–H and O–H groups in total. The van der Waals surface area contributed by atoms with Gasteiger partial charge in [0.1, 0.15) is 5.02 Å². The monoisotopic (exact) mass is 430 g/mol. The Balaban J connectivity index is 1.70. The third kappa shape index (κ3) is 5.06. The molecule has 1 unspecified atom stereocenters. The molecule has 2 aromatic rings. The molecule has 29 heavy (non-hydrogen) atoms. The summed E-state index contributed by atoms with van der Waals surface area (Å²) in [5, 5.41) is 7.04. The molecule has 1 aliphatic rings. The highest BCUT2D eigenvalue weighted by Gasteiger charge is 2.30. The van der Waals surface area contributed by atoms with Gasteiger partial charge in [0.25, 0.3) is 5.56 Å². The Morgan fingerprint density at radius 2 is 1.90 bits per heavy atom. The van der Waals surface area contributed by atoms with E-state index in [1.165, 1.54) is 6.20 Å². The van der Waals surface area contributed by atoms with Crippen LogP contribution in [0, 0.1) is 0 Å². The lowest BCUT2D eigenvalue weighted by Gasteiger charge is -2.36. The van der Waals surface area contributed by atoms with Gasteiger partial charge in [0.15, 0.2) is 5.82 Å². The molecule has 11 heteroatoms. The molecule has 1 aliphatic heterocycles. The number of alkyl halides is 3. The van der Waals surface area contributed by atoms with Crippen LogP contribution in [-0.2, 0) is 6.18 Å². The second-order valence-electron chi connectivity index (χ2n) is 7.06. The third-order valence-electron chi connectivity index (χ3n) is 4.96. The van der Waals surface area contributed by atoms with E-state index in [1.807, 2.05) is 0 Å². The zero-order valence-corrected chi connectivity index (χ0v) is 16.8. The molecule has 7 nitrogen and oxygen atoms in total. The first kappa shape index (κ1) is 21.5. The van der Waals surface area contributed by atoms with Gasteiger partial charge < -0.3 is 10.2 Å². The standard InChI is InChI=1S/C18H22ClF3N6O/c1-12(27-7-5-26(2)6-8-27)9-23-14-11-25-28(17(29)16(14)19)15-4-3-13(10-24-15)18(20,21)22/h3-4,10-12,23H,5-9H2,1-2H3. The van der Waals surface area contributed by atoms with E-state index in [0.717, 1.165) is 43.0 Å². The van der Waals surface area contributed by atoms with Crippen LogP contribution >= 0.6 is 11.6 Å². The molecule has 0 saturated carbocycles. The van der Waals surface area contributed by atoms with Crippen molar-refractivity contribution in [3.63, 3.8) is 0 Å². The molecule has 0 aliphatic carbocycles. The predicted molar refractivity (Wildman–Crippen MR) is 105 cm³/mol. The lowest BCUT2D eigenvalue weighted by molar-refractivity contribution is -0.137. The Morgan fingerprint density at radius 3 is 2.48 bits per heavy atom. The molecular formula is C18H22ClF3N6O. The lowest BCUT2D eigenvalue weighted by Crippen LogP contribution is -2.49. The molecule has 158 valence electrons. The van der Waals surface area contributed by atoms with Gasteiger partial charge in [-0.2, -0.15) is 23.0 Å². The lowest BCUT2D eigenvalue weighted by atomic mass is 10.2. The van der Waals surface area contributed by atoms with Crippen molar-refractivity contribution in [1.82, 2.24) is 24.6 Å². The van der Waals surface area contributed by atoms with Gasteiger partial charge in [-0.1, -0.05) is 11.6 Å². The van der Waals surface area contributed by atoms with Crippen LogP contribution in [0.15, 0.2) is 29.3 Å². The molecule has 1 saturated heterocycles. The number of nitrogens with zero attached hydrogens (tertiary/aromatic N) is 5. The number of aromatic nitrogens is 3. The molecule has 1 fully saturated rings. The zero-order chi connectivity index (χ0) is 21.2. The van der Waals surface area contributed by atoms with Gasteiger partial charge in [-0.3, -0.25) is 9.69 Å². The summed E-state index contributed by atoms with van der Waals surface area (Å²) >= 11 is 6.18. The molecule has 3 heterocycles. The number of halogens is 4. The average Bonchev–Trinajstić information content (AvgIpc) is 2.69. The Kier molecular flexibility index (Phi) is 6.45. The quantitative estimate of drug-likeness (QED) is 0.785. The Bertz CT molecular complexity index is 894. The van der Waals surface area contributed by atoms with E-state index in [0.29, 0.717) is 18.4 Å². The van der Waals surface area contributed by atoms with Crippen molar-refractivity contribution in [3.8, 4) is 5.82 Å². The van der Waals surface area contributed by atoms with Crippen molar-refractivity contribution in [2.75, 3.05) is 45.1 Å². The highest BCUT2D eigenvalue weighted by atomic mass is 35.5. The molecule has 0 aromatic carbocycles. The number of pyridine rings is 1. The van der Waals surface area contributed by atoms with Crippen molar-refractivity contribution in [1.29, 1.82) is 0 Å². The number of piperazine rings is 1. The maximum absolute atomic E-state index is 12.7. The van der Waals surface area contributed by atoms with Gasteiger partial charge in [0, 0.05) is 45.0 Å². The van der Waals surface area contributed by atoms with Gasteiger partial charge in [-0.25, -0.2) is 4.98 Å². The number of hydrogen-bond acceptors (Lipinski definition) is 6. The van der Waals surface area contributed by atoms with Crippen LogP contribution in [0.25, 0.3) is 5.82 Å². The Hall–Kier alpha value is -2.17. The summed E-state index contributed by atoms with van der Waals surface area (Å²) in [5.41, 5.74) is -1.19. The topological polar surface area (TPSA) is 66.3 Å². The van der Waals surface area contributed by atoms with Gasteiger partial charge >= 0.3 is 6.18 Å². The van der Waals surface area contributed by atoms with Gasteiger partial charge in [-0.05, 0) is 26.1 Å². The van der Waals surface area contributed by atoms with Crippen molar-refractivity contribution in [2.24, 2.45) is 0 Å². The molecular weight excluding hydrogens is 409 g/mol. The summed E-state index contributed by atoms with van der Waals surface area (Å²) in [6, 6.07) is 2.16. The first-order valence-electron chi connectivity index (χ1n) is 9.14. The van der Waals surface area contributed by atoms with Gasteiger partial charge in [-0.15, -0.1) is 0 Å². The number of nitrogens with one attached hydrogen (secondary N) is 1. The first-order valence-corrected chi connectivity index (χ1v) is 9.52. The fourth-order valence-electron chi connectivity index (χ4n) is 3.05. The summed E-state index contributed by atoms with van der Waals surface area (Å²) < 4.78 is 38.9. The number of likely N-dealkylation sites (N-methyl/N-ethyl adjacent to an activating group) is 1. The number of hydrogen-bond donors (Lipinski definition) is 1. The van der Waals surface area contributed by atoms with Crippen LogP contribution < -0.4 is 10.9 Å². The van der Waals surface area contributed by atoms with E-state index in [-0.39, 0.29) is 16.9 Å². The van der Waals surface area contributed by atoms with Crippen LogP contribution in [0.1, 0.15) is 12.5 Å². The summed E-state index contributed by atoms with van der Waals surface area (Å²) in [6.07, 6.45) is -2.48. The van der Waals surface area contributed by atoms with E-state index in [2.05, 4.69) is 39.2 Å². The van der Waals surface area contributed by atoms with E-state index in [4.69, 9.17) is 11.6 Å². The predicted octanol–water partition coefficient (Wildman–Crippen LogP) is 2.35. The maximum Gasteiger partial charge on any atom is 0.417 e. The smallest absolute Gasteiger partial charge is 0.381 e. The molecule has 1 atom stereocenters. The normalized spacial score (nSPS) is 17.3. The Morgan fingerprint density at radius 1 is 1.21 bits per heavy atom. The van der Waals surface area contributed by atoms with E-state index in [1.54, 1.807) is 0 Å². The number of rotatable bonds is 5. The SMILES string of the molecule is CC(CNc1cnn(-c2ccc(C(F)(F)F)cn2)c(=O)c1Cl)N1CCN(C)CC1. The molecule has 0 amide bonds. The summed E-state index contributed by atoms with van der Waals surface area (Å²) in [6.45, 7) is 6.60. The van der Waals surface area contributed by atoms with Crippen LogP contribution in [0.5, 0.6) is 0 Å². The largest absolute Gasteiger partial charge is 0.417 e. The van der Waals surface area contributed by atoms with E-state index >= 15 is 0 Å². The fourth-order valence-corrected chi connectivity index (χ4v) is 3.24. The third-order valence-corrected chi connectivity index (χ3v) is 5.33. The average molecular weight is 431 g/mol. The van der Waals surface area contributed by atoms with Crippen LogP contribution in [-0.4, -0.2) is 70.4 Å². The molecule has 0 spiro atoms. The minimum absolute atomic E-state index is 0.0396. The van der Waals surface area contributed by atoms with Crippen LogP contribution in [0.4, 0.5) is 18.9 Å². The van der Waals surface area contributed by atoms with Crippen molar-refractivity contribution in [3.05, 3.63) is 45.5 Å². The first-order chi connectivity index (χ1) is 13.7. The minimum Gasteiger partial charge on any atom is -0.381 e. The maximum atomic E-state index is 12.7. The van der Waals surface area contributed by atoms with Gasteiger partial charge in [0.2, 0.25) is 0 Å². The second kappa shape index (κ2) is 8.68. The van der Waals surface area contributed by atoms with Crippen LogP contribution in [0.3, 0.4) is 0 Å². The highest BCUT2D eigenvalue weighted by molar-refractivity contribution is 6.32. The molecule has 3 rings (SSSR count). The Labute approximate surface area is 171 Å². The second-order valence-corrected chi connectivity index (χ2v) is 7.44. The van der Waals surface area contributed by atoms with Crippen molar-refractivity contribution in [2.45, 2.75) is 19.1 Å². The van der Waals surface area contributed by atoms with Gasteiger partial charge in [0.05, 0.1) is 17.4 Å². The molecule has 0 radical (unpaired) electrons. The summed E-state index contributed by atoms with van der Waals surface area (Å²) in [4.78, 5) is 20.8. The zero-order valence-electron chi connectivity index (χ0n) is 16.1. The van der Waals surface area contributed by atoms with Crippen LogP contribution in [0.2, 0.25) is 5.02 Å².